The fourth-order valence-electron chi connectivity index (χ4n) is 3.32. The molecule has 0 bridgehead atoms. The molecule has 1 N–H and O–H groups in total. The quantitative estimate of drug-likeness (QED) is 0.610. The van der Waals surface area contributed by atoms with Crippen molar-refractivity contribution in [1.29, 1.82) is 0 Å². The normalized spacial score (nSPS) is 46.6. The highest BCUT2D eigenvalue weighted by atomic mass is 16.3. The van der Waals surface area contributed by atoms with Crippen LogP contribution in [0.2, 0.25) is 0 Å². The third kappa shape index (κ3) is 1.90. The van der Waals surface area contributed by atoms with Crippen LogP contribution in [0.3, 0.4) is 0 Å². The molecule has 2 aliphatic rings. The van der Waals surface area contributed by atoms with Crippen molar-refractivity contribution in [3.63, 3.8) is 0 Å². The van der Waals surface area contributed by atoms with Gasteiger partial charge in [0.15, 0.2) is 0 Å². The maximum absolute atomic E-state index is 9.65. The average molecular weight is 182 g/mol. The SMILES string of the molecule is C[C@@]12CCCCC[C@H]1C[C@@H](O)CC2. The van der Waals surface area contributed by atoms with Crippen LogP contribution >= 0.6 is 0 Å². The van der Waals surface area contributed by atoms with E-state index in [4.69, 9.17) is 0 Å². The highest BCUT2D eigenvalue weighted by molar-refractivity contribution is 4.90. The second kappa shape index (κ2) is 3.61. The number of rotatable bonds is 0. The van der Waals surface area contributed by atoms with Gasteiger partial charge < -0.3 is 5.11 Å². The molecule has 2 aliphatic carbocycles. The van der Waals surface area contributed by atoms with Crippen LogP contribution in [-0.2, 0) is 0 Å². The molecular formula is C12H22O. The summed E-state index contributed by atoms with van der Waals surface area (Å²) in [6.45, 7) is 2.45. The van der Waals surface area contributed by atoms with Crippen molar-refractivity contribution in [2.24, 2.45) is 11.3 Å². The molecule has 0 amide bonds. The van der Waals surface area contributed by atoms with E-state index in [2.05, 4.69) is 6.92 Å². The lowest BCUT2D eigenvalue weighted by Crippen LogP contribution is -2.35. The maximum Gasteiger partial charge on any atom is 0.0543 e. The summed E-state index contributed by atoms with van der Waals surface area (Å²) in [5, 5.41) is 9.65. The fraction of sp³-hybridized carbons (Fsp3) is 1.00. The molecule has 0 aromatic heterocycles. The van der Waals surface area contributed by atoms with Crippen molar-refractivity contribution < 1.29 is 5.11 Å². The summed E-state index contributed by atoms with van der Waals surface area (Å²) in [5.41, 5.74) is 0.579. The van der Waals surface area contributed by atoms with Crippen molar-refractivity contribution in [3.05, 3.63) is 0 Å². The Hall–Kier alpha value is -0.0400. The van der Waals surface area contributed by atoms with E-state index in [1.165, 1.54) is 38.5 Å². The van der Waals surface area contributed by atoms with Gasteiger partial charge >= 0.3 is 0 Å². The Bertz CT molecular complexity index is 178. The largest absolute Gasteiger partial charge is 0.393 e. The number of aliphatic hydroxyl groups excluding tert-OH is 1. The molecule has 0 aliphatic heterocycles. The van der Waals surface area contributed by atoms with Gasteiger partial charge in [-0.25, -0.2) is 0 Å². The van der Waals surface area contributed by atoms with Crippen molar-refractivity contribution in [2.45, 2.75) is 64.4 Å². The third-order valence-corrected chi connectivity index (χ3v) is 4.39. The first-order chi connectivity index (χ1) is 6.21. The van der Waals surface area contributed by atoms with E-state index in [-0.39, 0.29) is 6.10 Å². The molecule has 0 aromatic carbocycles. The summed E-state index contributed by atoms with van der Waals surface area (Å²) in [6.07, 6.45) is 10.4. The third-order valence-electron chi connectivity index (χ3n) is 4.39. The Kier molecular flexibility index (Phi) is 2.64. The lowest BCUT2D eigenvalue weighted by atomic mass is 9.64. The van der Waals surface area contributed by atoms with Gasteiger partial charge in [0.1, 0.15) is 0 Å². The molecule has 0 aromatic rings. The Morgan fingerprint density at radius 2 is 1.92 bits per heavy atom. The molecule has 1 nitrogen and oxygen atoms in total. The predicted octanol–water partition coefficient (Wildman–Crippen LogP) is 3.12. The van der Waals surface area contributed by atoms with Gasteiger partial charge in [0.2, 0.25) is 0 Å². The minimum Gasteiger partial charge on any atom is -0.393 e. The Labute approximate surface area is 81.5 Å². The first-order valence-corrected chi connectivity index (χ1v) is 5.89. The van der Waals surface area contributed by atoms with Crippen LogP contribution in [0.15, 0.2) is 0 Å². The van der Waals surface area contributed by atoms with E-state index < -0.39 is 0 Å². The van der Waals surface area contributed by atoms with Gasteiger partial charge in [-0.3, -0.25) is 0 Å². The first kappa shape index (κ1) is 9.51. The zero-order chi connectivity index (χ0) is 9.31. The van der Waals surface area contributed by atoms with E-state index in [0.717, 1.165) is 18.8 Å². The molecule has 1 heteroatoms. The number of hydrogen-bond acceptors (Lipinski definition) is 1. The van der Waals surface area contributed by atoms with Gasteiger partial charge in [-0.05, 0) is 43.4 Å². The monoisotopic (exact) mass is 182 g/mol. The summed E-state index contributed by atoms with van der Waals surface area (Å²) < 4.78 is 0. The van der Waals surface area contributed by atoms with Crippen LogP contribution in [0.4, 0.5) is 0 Å². The van der Waals surface area contributed by atoms with Crippen molar-refractivity contribution in [3.8, 4) is 0 Å². The zero-order valence-corrected chi connectivity index (χ0v) is 8.76. The van der Waals surface area contributed by atoms with E-state index in [1.807, 2.05) is 0 Å². The molecule has 13 heavy (non-hydrogen) atoms. The van der Waals surface area contributed by atoms with Gasteiger partial charge in [0, 0.05) is 0 Å². The molecule has 0 unspecified atom stereocenters. The fourth-order valence-corrected chi connectivity index (χ4v) is 3.32. The second-order valence-corrected chi connectivity index (χ2v) is 5.38. The molecule has 2 rings (SSSR count). The minimum absolute atomic E-state index is 0.0103. The summed E-state index contributed by atoms with van der Waals surface area (Å²) in [4.78, 5) is 0. The Morgan fingerprint density at radius 1 is 1.08 bits per heavy atom. The molecule has 2 fully saturated rings. The van der Waals surface area contributed by atoms with Gasteiger partial charge in [0.05, 0.1) is 6.10 Å². The molecule has 0 heterocycles. The van der Waals surface area contributed by atoms with Gasteiger partial charge in [-0.2, -0.15) is 0 Å². The van der Waals surface area contributed by atoms with E-state index in [1.54, 1.807) is 0 Å². The maximum atomic E-state index is 9.65. The molecule has 3 atom stereocenters. The van der Waals surface area contributed by atoms with Crippen LogP contribution in [-0.4, -0.2) is 11.2 Å². The molecule has 0 radical (unpaired) electrons. The average Bonchev–Trinajstić information content (AvgIpc) is 2.28. The highest BCUT2D eigenvalue weighted by Gasteiger charge is 2.39. The Morgan fingerprint density at radius 3 is 2.77 bits per heavy atom. The standard InChI is InChI=1S/C12H22O/c1-12-7-4-2-3-5-10(12)9-11(13)6-8-12/h10-11,13H,2-9H2,1H3/t10-,11-,12-/m0/s1. The molecule has 0 spiro atoms. The van der Waals surface area contributed by atoms with Crippen LogP contribution in [0.25, 0.3) is 0 Å². The van der Waals surface area contributed by atoms with E-state index >= 15 is 0 Å². The zero-order valence-electron chi connectivity index (χ0n) is 8.76. The molecular weight excluding hydrogens is 160 g/mol. The summed E-state index contributed by atoms with van der Waals surface area (Å²) in [7, 11) is 0. The molecule has 2 saturated carbocycles. The second-order valence-electron chi connectivity index (χ2n) is 5.38. The van der Waals surface area contributed by atoms with Gasteiger partial charge in [-0.15, -0.1) is 0 Å². The van der Waals surface area contributed by atoms with Gasteiger partial charge in [-0.1, -0.05) is 26.2 Å². The summed E-state index contributed by atoms with van der Waals surface area (Å²) in [6, 6.07) is 0. The van der Waals surface area contributed by atoms with E-state index in [0.29, 0.717) is 5.41 Å². The summed E-state index contributed by atoms with van der Waals surface area (Å²) >= 11 is 0. The number of hydrogen-bond donors (Lipinski definition) is 1. The topological polar surface area (TPSA) is 20.2 Å². The van der Waals surface area contributed by atoms with Crippen LogP contribution < -0.4 is 0 Å². The smallest absolute Gasteiger partial charge is 0.0543 e. The highest BCUT2D eigenvalue weighted by Crippen LogP contribution is 2.48. The van der Waals surface area contributed by atoms with Crippen molar-refractivity contribution >= 4 is 0 Å². The number of aliphatic hydroxyl groups is 1. The lowest BCUT2D eigenvalue weighted by molar-refractivity contribution is 0.0141. The summed E-state index contributed by atoms with van der Waals surface area (Å²) in [5.74, 6) is 0.818. The first-order valence-electron chi connectivity index (χ1n) is 5.89. The minimum atomic E-state index is 0.0103. The Balaban J connectivity index is 2.07. The van der Waals surface area contributed by atoms with Gasteiger partial charge in [0.25, 0.3) is 0 Å². The lowest BCUT2D eigenvalue weighted by Gasteiger charge is -2.42. The predicted molar refractivity (Wildman–Crippen MR) is 54.5 cm³/mol. The van der Waals surface area contributed by atoms with E-state index in [9.17, 15) is 5.11 Å². The molecule has 76 valence electrons. The number of fused-ring (bicyclic) bond motifs is 1. The van der Waals surface area contributed by atoms with Crippen LogP contribution in [0.5, 0.6) is 0 Å². The van der Waals surface area contributed by atoms with Crippen molar-refractivity contribution in [1.82, 2.24) is 0 Å². The van der Waals surface area contributed by atoms with Crippen molar-refractivity contribution in [2.75, 3.05) is 0 Å². The molecule has 0 saturated heterocycles. The van der Waals surface area contributed by atoms with Crippen LogP contribution in [0, 0.1) is 11.3 Å². The van der Waals surface area contributed by atoms with Crippen LogP contribution in [0.1, 0.15) is 58.3 Å².